The normalized spacial score (nSPS) is 17.2. The highest BCUT2D eigenvalue weighted by Crippen LogP contribution is 2.41. The average Bonchev–Trinajstić information content (AvgIpc) is 3.47. The van der Waals surface area contributed by atoms with Crippen LogP contribution in [0, 0.1) is 6.92 Å². The molecule has 1 saturated heterocycles. The monoisotopic (exact) mass is 450 g/mol. The first-order valence-corrected chi connectivity index (χ1v) is 11.0. The lowest BCUT2D eigenvalue weighted by Crippen LogP contribution is -2.55. The molecule has 1 spiro atoms. The minimum Gasteiger partial charge on any atom is -0.495 e. The lowest BCUT2D eigenvalue weighted by molar-refractivity contribution is -0.123. The van der Waals surface area contributed by atoms with Crippen LogP contribution in [0.5, 0.6) is 5.75 Å². The number of rotatable bonds is 4. The molecule has 1 aromatic carbocycles. The number of amides is 3. The van der Waals surface area contributed by atoms with E-state index in [0.29, 0.717) is 61.8 Å². The molecular weight excluding hydrogens is 424 g/mol. The predicted octanol–water partition coefficient (Wildman–Crippen LogP) is 3.15. The number of likely N-dealkylation sites (tertiary alicyclic amines) is 1. The van der Waals surface area contributed by atoms with Crippen molar-refractivity contribution in [1.82, 2.24) is 19.8 Å². The first kappa shape index (κ1) is 21.0. The number of fused-ring (bicyclic) bond motifs is 2. The third kappa shape index (κ3) is 3.81. The molecule has 2 aromatic heterocycles. The van der Waals surface area contributed by atoms with E-state index in [9.17, 15) is 9.59 Å². The molecule has 10 heteroatoms. The maximum absolute atomic E-state index is 13.2. The van der Waals surface area contributed by atoms with Gasteiger partial charge in [0.2, 0.25) is 5.91 Å². The van der Waals surface area contributed by atoms with Gasteiger partial charge in [0.05, 0.1) is 37.5 Å². The number of benzene rings is 1. The highest BCUT2D eigenvalue weighted by atomic mass is 16.5. The molecular formula is C23H26N6O4. The van der Waals surface area contributed by atoms with Crippen LogP contribution in [0.15, 0.2) is 47.1 Å². The minimum absolute atomic E-state index is 0.0237. The maximum atomic E-state index is 13.2. The number of hydrogen-bond acceptors (Lipinski definition) is 6. The van der Waals surface area contributed by atoms with Gasteiger partial charge in [0, 0.05) is 25.2 Å². The van der Waals surface area contributed by atoms with E-state index in [1.54, 1.807) is 29.2 Å². The fourth-order valence-corrected chi connectivity index (χ4v) is 4.73. The Hall–Kier alpha value is -3.82. The first-order chi connectivity index (χ1) is 16.0. The number of nitrogens with zero attached hydrogens (tertiary/aromatic N) is 5. The topological polar surface area (TPSA) is 106 Å². The number of ether oxygens (including phenoxy) is 1. The van der Waals surface area contributed by atoms with Crippen molar-refractivity contribution >= 4 is 23.4 Å². The number of para-hydroxylation sites is 2. The number of anilines is 2. The van der Waals surface area contributed by atoms with Crippen LogP contribution in [-0.2, 0) is 16.9 Å². The SMILES string of the molecule is COc1ccccc1NC(=O)N1CCC2(CC1)CC(=O)N(Cc1cc(C)on1)c1ccnn12. The molecule has 33 heavy (non-hydrogen) atoms. The summed E-state index contributed by atoms with van der Waals surface area (Å²) in [6, 6.07) is 10.8. The van der Waals surface area contributed by atoms with Gasteiger partial charge in [0.1, 0.15) is 23.0 Å². The van der Waals surface area contributed by atoms with Gasteiger partial charge >= 0.3 is 6.03 Å². The van der Waals surface area contributed by atoms with Crippen LogP contribution in [0.4, 0.5) is 16.3 Å². The van der Waals surface area contributed by atoms with Gasteiger partial charge in [-0.2, -0.15) is 5.10 Å². The standard InChI is InChI=1S/C23H26N6O4/c1-16-13-17(26-33-16)15-28-20-7-10-24-29(20)23(14-21(28)30)8-11-27(12-9-23)22(31)25-18-5-3-4-6-19(18)32-2/h3-7,10,13H,8-9,11-12,14-15H2,1-2H3,(H,25,31). The van der Waals surface area contributed by atoms with E-state index in [-0.39, 0.29) is 11.9 Å². The van der Waals surface area contributed by atoms with E-state index < -0.39 is 5.54 Å². The van der Waals surface area contributed by atoms with Crippen molar-refractivity contribution in [2.45, 2.75) is 38.3 Å². The van der Waals surface area contributed by atoms with E-state index in [4.69, 9.17) is 9.26 Å². The second-order valence-corrected chi connectivity index (χ2v) is 8.53. The average molecular weight is 450 g/mol. The predicted molar refractivity (Wildman–Crippen MR) is 120 cm³/mol. The summed E-state index contributed by atoms with van der Waals surface area (Å²) in [5, 5.41) is 11.5. The second kappa shape index (κ2) is 8.27. The molecule has 0 aliphatic carbocycles. The lowest BCUT2D eigenvalue weighted by Gasteiger charge is -2.46. The molecule has 0 atom stereocenters. The van der Waals surface area contributed by atoms with Crippen LogP contribution in [0.2, 0.25) is 0 Å². The Labute approximate surface area is 191 Å². The van der Waals surface area contributed by atoms with Gasteiger partial charge in [-0.3, -0.25) is 9.69 Å². The molecule has 1 N–H and O–H groups in total. The Kier molecular flexibility index (Phi) is 5.27. The van der Waals surface area contributed by atoms with Crippen LogP contribution in [0.25, 0.3) is 0 Å². The number of methoxy groups -OCH3 is 1. The lowest BCUT2D eigenvalue weighted by atomic mass is 9.82. The van der Waals surface area contributed by atoms with Crippen molar-refractivity contribution in [3.8, 4) is 5.75 Å². The summed E-state index contributed by atoms with van der Waals surface area (Å²) in [5.41, 5.74) is 0.895. The number of piperidine rings is 1. The van der Waals surface area contributed by atoms with Crippen molar-refractivity contribution in [3.63, 3.8) is 0 Å². The highest BCUT2D eigenvalue weighted by molar-refractivity contribution is 5.95. The number of carbonyl (C=O) groups excluding carboxylic acids is 2. The van der Waals surface area contributed by atoms with Gasteiger partial charge in [-0.1, -0.05) is 17.3 Å². The molecule has 2 aliphatic heterocycles. The molecule has 2 aliphatic rings. The van der Waals surface area contributed by atoms with Crippen LogP contribution in [0.1, 0.15) is 30.7 Å². The van der Waals surface area contributed by atoms with E-state index in [2.05, 4.69) is 15.6 Å². The molecule has 1 fully saturated rings. The Balaban J connectivity index is 1.30. The van der Waals surface area contributed by atoms with Crippen LogP contribution in [0.3, 0.4) is 0 Å². The number of carbonyl (C=O) groups is 2. The summed E-state index contributed by atoms with van der Waals surface area (Å²) in [7, 11) is 1.57. The smallest absolute Gasteiger partial charge is 0.321 e. The summed E-state index contributed by atoms with van der Waals surface area (Å²) in [4.78, 5) is 29.5. The molecule has 10 nitrogen and oxygen atoms in total. The van der Waals surface area contributed by atoms with Gasteiger partial charge in [-0.05, 0) is 31.9 Å². The summed E-state index contributed by atoms with van der Waals surface area (Å²) in [6.07, 6.45) is 3.34. The quantitative estimate of drug-likeness (QED) is 0.655. The van der Waals surface area contributed by atoms with E-state index in [0.717, 1.165) is 5.82 Å². The van der Waals surface area contributed by atoms with Gasteiger partial charge in [-0.15, -0.1) is 0 Å². The summed E-state index contributed by atoms with van der Waals surface area (Å²) >= 11 is 0. The van der Waals surface area contributed by atoms with E-state index >= 15 is 0 Å². The number of aryl methyl sites for hydroxylation is 1. The number of aromatic nitrogens is 3. The third-order valence-electron chi connectivity index (χ3n) is 6.46. The largest absolute Gasteiger partial charge is 0.495 e. The van der Waals surface area contributed by atoms with Crippen LogP contribution < -0.4 is 15.0 Å². The molecule has 0 unspecified atom stereocenters. The molecule has 0 saturated carbocycles. The van der Waals surface area contributed by atoms with E-state index in [1.165, 1.54) is 0 Å². The van der Waals surface area contributed by atoms with Crippen molar-refractivity contribution in [1.29, 1.82) is 0 Å². The fraction of sp³-hybridized carbons (Fsp3) is 0.391. The number of urea groups is 1. The second-order valence-electron chi connectivity index (χ2n) is 8.53. The zero-order valence-electron chi connectivity index (χ0n) is 18.7. The summed E-state index contributed by atoms with van der Waals surface area (Å²) < 4.78 is 12.4. The summed E-state index contributed by atoms with van der Waals surface area (Å²) in [5.74, 6) is 2.09. The van der Waals surface area contributed by atoms with Gasteiger partial charge in [-0.25, -0.2) is 9.48 Å². The molecule has 4 heterocycles. The third-order valence-corrected chi connectivity index (χ3v) is 6.46. The van der Waals surface area contributed by atoms with Gasteiger partial charge in [0.25, 0.3) is 0 Å². The van der Waals surface area contributed by atoms with Gasteiger partial charge in [0.15, 0.2) is 0 Å². The Morgan fingerprint density at radius 3 is 2.76 bits per heavy atom. The fourth-order valence-electron chi connectivity index (χ4n) is 4.73. The van der Waals surface area contributed by atoms with Crippen LogP contribution in [-0.4, -0.2) is 52.0 Å². The Bertz CT molecular complexity index is 1180. The Morgan fingerprint density at radius 2 is 2.03 bits per heavy atom. The molecule has 5 rings (SSSR count). The molecule has 3 aromatic rings. The van der Waals surface area contributed by atoms with Crippen molar-refractivity contribution in [2.24, 2.45) is 0 Å². The minimum atomic E-state index is -0.437. The zero-order valence-corrected chi connectivity index (χ0v) is 18.7. The maximum Gasteiger partial charge on any atom is 0.321 e. The van der Waals surface area contributed by atoms with E-state index in [1.807, 2.05) is 41.9 Å². The first-order valence-electron chi connectivity index (χ1n) is 11.0. The Morgan fingerprint density at radius 1 is 1.24 bits per heavy atom. The molecule has 0 radical (unpaired) electrons. The van der Waals surface area contributed by atoms with Crippen molar-refractivity contribution in [2.75, 3.05) is 30.4 Å². The van der Waals surface area contributed by atoms with Gasteiger partial charge < -0.3 is 19.5 Å². The van der Waals surface area contributed by atoms with Crippen molar-refractivity contribution < 1.29 is 18.8 Å². The summed E-state index contributed by atoms with van der Waals surface area (Å²) in [6.45, 7) is 3.21. The number of nitrogens with one attached hydrogen (secondary N) is 1. The molecule has 3 amide bonds. The van der Waals surface area contributed by atoms with Crippen molar-refractivity contribution in [3.05, 3.63) is 54.0 Å². The molecule has 0 bridgehead atoms. The highest BCUT2D eigenvalue weighted by Gasteiger charge is 2.46. The van der Waals surface area contributed by atoms with Crippen LogP contribution >= 0.6 is 0 Å². The number of hydrogen-bond donors (Lipinski definition) is 1. The zero-order chi connectivity index (χ0) is 23.0. The molecule has 172 valence electrons.